The quantitative estimate of drug-likeness (QED) is 0.330. The van der Waals surface area contributed by atoms with Gasteiger partial charge in [-0.3, -0.25) is 4.90 Å². The van der Waals surface area contributed by atoms with Gasteiger partial charge in [-0.05, 0) is 62.1 Å². The summed E-state index contributed by atoms with van der Waals surface area (Å²) in [5.41, 5.74) is 4.70. The van der Waals surface area contributed by atoms with E-state index in [1.54, 1.807) is 24.3 Å². The molecule has 0 saturated carbocycles. The summed E-state index contributed by atoms with van der Waals surface area (Å²) < 4.78 is 13.1. The van der Waals surface area contributed by atoms with Crippen LogP contribution in [0.2, 0.25) is 0 Å². The van der Waals surface area contributed by atoms with Crippen molar-refractivity contribution in [2.24, 2.45) is 5.41 Å². The second kappa shape index (κ2) is 9.75. The topological polar surface area (TPSA) is 60.8 Å². The van der Waals surface area contributed by atoms with Crippen molar-refractivity contribution in [1.29, 1.82) is 0 Å². The van der Waals surface area contributed by atoms with Crippen LogP contribution in [0.1, 0.15) is 53.8 Å². The molecule has 6 rings (SSSR count). The molecule has 0 radical (unpaired) electrons. The van der Waals surface area contributed by atoms with Crippen LogP contribution in [-0.2, 0) is 20.7 Å². The molecule has 6 nitrogen and oxygen atoms in total. The minimum absolute atomic E-state index is 0. The van der Waals surface area contributed by atoms with E-state index in [1.807, 2.05) is 12.1 Å². The first-order valence-corrected chi connectivity index (χ1v) is 12.6. The lowest BCUT2D eigenvalue weighted by atomic mass is 9.66. The number of carbonyl (C=O) groups excluding carboxylic acids is 2. The Morgan fingerprint density at radius 1 is 0.972 bits per heavy atom. The second-order valence-corrected chi connectivity index (χ2v) is 9.76. The molecular formula is C29H31ClN2O4. The molecule has 4 heterocycles. The van der Waals surface area contributed by atoms with Crippen molar-refractivity contribution in [2.75, 3.05) is 26.3 Å². The van der Waals surface area contributed by atoms with Crippen LogP contribution in [0.25, 0.3) is 16.6 Å². The predicted molar refractivity (Wildman–Crippen MR) is 141 cm³/mol. The number of hydrogen-bond donors (Lipinski definition) is 0. The number of ether oxygens (including phenoxy) is 2. The Kier molecular flexibility index (Phi) is 6.66. The molecular weight excluding hydrogens is 476 g/mol. The highest BCUT2D eigenvalue weighted by Gasteiger charge is 2.51. The zero-order valence-corrected chi connectivity index (χ0v) is 21.3. The van der Waals surface area contributed by atoms with E-state index in [0.29, 0.717) is 17.3 Å². The fourth-order valence-corrected chi connectivity index (χ4v) is 6.43. The summed E-state index contributed by atoms with van der Waals surface area (Å²) in [7, 11) is 0. The van der Waals surface area contributed by atoms with Gasteiger partial charge in [-0.1, -0.05) is 43.3 Å². The van der Waals surface area contributed by atoms with Crippen LogP contribution in [0.4, 0.5) is 0 Å². The number of fused-ring (bicyclic) bond motifs is 3. The molecule has 1 aromatic heterocycles. The molecule has 7 heteroatoms. The lowest BCUT2D eigenvalue weighted by molar-refractivity contribution is -0.138. The molecule has 36 heavy (non-hydrogen) atoms. The lowest BCUT2D eigenvalue weighted by Crippen LogP contribution is -2.51. The highest BCUT2D eigenvalue weighted by atomic mass is 35.5. The largest absolute Gasteiger partial charge is 0.458 e. The summed E-state index contributed by atoms with van der Waals surface area (Å²) in [6.45, 7) is 4.44. The molecule has 3 aliphatic rings. The Bertz CT molecular complexity index is 1330. The van der Waals surface area contributed by atoms with Gasteiger partial charge in [0.05, 0.1) is 17.1 Å². The second-order valence-electron chi connectivity index (χ2n) is 9.76. The van der Waals surface area contributed by atoms with Crippen LogP contribution < -0.4 is 0 Å². The van der Waals surface area contributed by atoms with E-state index in [9.17, 15) is 9.59 Å². The standard InChI is InChI=1S/C29H30N2O4.ClH/c1-2-29-14-8-15-30-16-13-22-21-11-6-7-12-23(21)31(25(22)26(29)30)24(19-29)28(33)35-18-17-34-27(32)20-9-4-3-5-10-20;/h3-7,9-12,19,26H,2,8,13-18H2,1H3;1H/t26-,29-;/m1./s1. The average Bonchev–Trinajstić information content (AvgIpc) is 3.25. The Morgan fingerprint density at radius 2 is 1.69 bits per heavy atom. The average molecular weight is 507 g/mol. The molecule has 1 saturated heterocycles. The molecule has 0 unspecified atom stereocenters. The van der Waals surface area contributed by atoms with Gasteiger partial charge in [0.15, 0.2) is 0 Å². The summed E-state index contributed by atoms with van der Waals surface area (Å²) in [6.07, 6.45) is 6.36. The fraction of sp³-hybridized carbons (Fsp3) is 0.379. The number of nitrogens with zero attached hydrogens (tertiary/aromatic N) is 2. The first-order valence-electron chi connectivity index (χ1n) is 12.6. The Hall–Kier alpha value is -3.09. The number of carbonyl (C=O) groups is 2. The maximum Gasteiger partial charge on any atom is 0.355 e. The molecule has 0 aliphatic carbocycles. The van der Waals surface area contributed by atoms with Crippen molar-refractivity contribution in [2.45, 2.75) is 38.6 Å². The highest BCUT2D eigenvalue weighted by Crippen LogP contribution is 2.57. The van der Waals surface area contributed by atoms with Crippen LogP contribution >= 0.6 is 12.4 Å². The maximum atomic E-state index is 13.5. The van der Waals surface area contributed by atoms with Gasteiger partial charge in [0.1, 0.15) is 18.9 Å². The number of hydrogen-bond acceptors (Lipinski definition) is 5. The molecule has 0 amide bonds. The van der Waals surface area contributed by atoms with E-state index in [1.165, 1.54) is 16.6 Å². The zero-order valence-electron chi connectivity index (χ0n) is 20.4. The number of esters is 2. The molecule has 1 fully saturated rings. The van der Waals surface area contributed by atoms with Crippen molar-refractivity contribution >= 4 is 40.9 Å². The maximum absolute atomic E-state index is 13.5. The third-order valence-electron chi connectivity index (χ3n) is 8.02. The zero-order chi connectivity index (χ0) is 24.0. The minimum Gasteiger partial charge on any atom is -0.458 e. The first kappa shape index (κ1) is 24.6. The van der Waals surface area contributed by atoms with Crippen LogP contribution in [-0.4, -0.2) is 47.7 Å². The molecule has 0 bridgehead atoms. The molecule has 3 aliphatic heterocycles. The number of halogens is 1. The Balaban J connectivity index is 0.00000267. The predicted octanol–water partition coefficient (Wildman–Crippen LogP) is 5.41. The van der Waals surface area contributed by atoms with Crippen LogP contribution in [0, 0.1) is 5.41 Å². The van der Waals surface area contributed by atoms with E-state index >= 15 is 0 Å². The molecule has 3 aromatic rings. The smallest absolute Gasteiger partial charge is 0.355 e. The van der Waals surface area contributed by atoms with E-state index in [4.69, 9.17) is 9.47 Å². The van der Waals surface area contributed by atoms with Crippen LogP contribution in [0.3, 0.4) is 0 Å². The Morgan fingerprint density at radius 3 is 2.47 bits per heavy atom. The van der Waals surface area contributed by atoms with Crippen molar-refractivity contribution in [3.8, 4) is 0 Å². The fourth-order valence-electron chi connectivity index (χ4n) is 6.43. The van der Waals surface area contributed by atoms with Crippen LogP contribution in [0.5, 0.6) is 0 Å². The number of benzene rings is 2. The van der Waals surface area contributed by atoms with E-state index in [0.717, 1.165) is 44.3 Å². The SMILES string of the molecule is CC[C@]12C=C(C(=O)OCCOC(=O)c3ccccc3)n3c4c(c5ccccc53)CCN(CCC1)[C@H]42.Cl. The monoisotopic (exact) mass is 506 g/mol. The number of rotatable bonds is 6. The van der Waals surface area contributed by atoms with Crippen molar-refractivity contribution in [3.63, 3.8) is 0 Å². The third kappa shape index (κ3) is 3.84. The van der Waals surface area contributed by atoms with Crippen molar-refractivity contribution < 1.29 is 19.1 Å². The summed E-state index contributed by atoms with van der Waals surface area (Å²) in [5.74, 6) is -0.780. The minimum atomic E-state index is -0.418. The van der Waals surface area contributed by atoms with E-state index in [-0.39, 0.29) is 37.0 Å². The summed E-state index contributed by atoms with van der Waals surface area (Å²) in [4.78, 5) is 28.3. The molecule has 0 spiro atoms. The summed E-state index contributed by atoms with van der Waals surface area (Å²) in [5, 5.41) is 1.23. The lowest BCUT2D eigenvalue weighted by Gasteiger charge is -2.53. The van der Waals surface area contributed by atoms with Gasteiger partial charge in [-0.15, -0.1) is 12.4 Å². The molecule has 188 valence electrons. The number of para-hydroxylation sites is 1. The van der Waals surface area contributed by atoms with Gasteiger partial charge in [-0.2, -0.15) is 0 Å². The van der Waals surface area contributed by atoms with Gasteiger partial charge in [0.2, 0.25) is 0 Å². The van der Waals surface area contributed by atoms with E-state index < -0.39 is 5.97 Å². The number of aromatic nitrogens is 1. The molecule has 2 atom stereocenters. The Labute approximate surface area is 217 Å². The van der Waals surface area contributed by atoms with Gasteiger partial charge in [0, 0.05) is 23.0 Å². The van der Waals surface area contributed by atoms with Gasteiger partial charge in [0.25, 0.3) is 0 Å². The van der Waals surface area contributed by atoms with Gasteiger partial charge < -0.3 is 14.0 Å². The highest BCUT2D eigenvalue weighted by molar-refractivity contribution is 6.13. The van der Waals surface area contributed by atoms with E-state index in [2.05, 4.69) is 40.7 Å². The third-order valence-corrected chi connectivity index (χ3v) is 8.02. The van der Waals surface area contributed by atoms with Crippen molar-refractivity contribution in [1.82, 2.24) is 9.47 Å². The molecule has 2 aromatic carbocycles. The summed E-state index contributed by atoms with van der Waals surface area (Å²) >= 11 is 0. The van der Waals surface area contributed by atoms with Gasteiger partial charge >= 0.3 is 11.9 Å². The van der Waals surface area contributed by atoms with Crippen molar-refractivity contribution in [3.05, 3.63) is 77.5 Å². The molecule has 0 N–H and O–H groups in total. The van der Waals surface area contributed by atoms with Gasteiger partial charge in [-0.25, -0.2) is 9.59 Å². The first-order chi connectivity index (χ1) is 17.1. The normalized spacial score (nSPS) is 22.2. The number of piperidine rings is 1. The summed E-state index contributed by atoms with van der Waals surface area (Å²) in [6, 6.07) is 17.5. The van der Waals surface area contributed by atoms with Crippen LogP contribution in [0.15, 0.2) is 60.7 Å².